The fourth-order valence-corrected chi connectivity index (χ4v) is 0.450. The minimum atomic E-state index is 0.778. The molecule has 1 aromatic rings. The number of hydrogen-bond donors (Lipinski definition) is 1. The summed E-state index contributed by atoms with van der Waals surface area (Å²) in [5.41, 5.74) is 0.778. The van der Waals surface area contributed by atoms with E-state index < -0.39 is 0 Å². The van der Waals surface area contributed by atoms with Crippen LogP contribution in [0.5, 0.6) is 0 Å². The summed E-state index contributed by atoms with van der Waals surface area (Å²) in [7, 11) is 1.04. The average molecular weight is 106 g/mol. The summed E-state index contributed by atoms with van der Waals surface area (Å²) in [6.45, 7) is 0. The van der Waals surface area contributed by atoms with Crippen molar-refractivity contribution in [3.8, 4) is 0 Å². The second-order valence-electron chi connectivity index (χ2n) is 1.41. The molecule has 1 rings (SSSR count). The summed E-state index contributed by atoms with van der Waals surface area (Å²) in [6.07, 6.45) is 3.25. The Labute approximate surface area is 48.5 Å². The molecule has 1 radical (unpaired) electrons. The molecule has 2 nitrogen and oxygen atoms in total. The predicted molar refractivity (Wildman–Crippen MR) is 31.8 cm³/mol. The van der Waals surface area contributed by atoms with E-state index in [0.29, 0.717) is 0 Å². The maximum atomic E-state index is 8.38. The highest BCUT2D eigenvalue weighted by atomic mass is 16.2. The standard InChI is InChI=1S/C5H5BNO/c8-6-5-1-3-7-4-2-5/h1-4,8H. The van der Waals surface area contributed by atoms with Gasteiger partial charge >= 0.3 is 7.48 Å². The molecule has 0 amide bonds. The predicted octanol–water partition coefficient (Wildman–Crippen LogP) is -0.682. The minimum Gasteiger partial charge on any atom is -0.450 e. The molecule has 0 unspecified atom stereocenters. The third-order valence-corrected chi connectivity index (χ3v) is 0.855. The summed E-state index contributed by atoms with van der Waals surface area (Å²) in [4.78, 5) is 3.76. The third-order valence-electron chi connectivity index (χ3n) is 0.855. The molecule has 0 aliphatic carbocycles. The van der Waals surface area contributed by atoms with E-state index in [-0.39, 0.29) is 0 Å². The van der Waals surface area contributed by atoms with Gasteiger partial charge in [0.25, 0.3) is 0 Å². The van der Waals surface area contributed by atoms with E-state index in [2.05, 4.69) is 4.98 Å². The highest BCUT2D eigenvalue weighted by Crippen LogP contribution is 1.72. The first-order valence-corrected chi connectivity index (χ1v) is 2.31. The Morgan fingerprint density at radius 1 is 1.38 bits per heavy atom. The second kappa shape index (κ2) is 2.47. The Hall–Kier alpha value is -0.825. The lowest BCUT2D eigenvalue weighted by Crippen LogP contribution is -2.11. The minimum absolute atomic E-state index is 0.778. The van der Waals surface area contributed by atoms with Crippen LogP contribution in [0.1, 0.15) is 0 Å². The first-order valence-electron chi connectivity index (χ1n) is 2.31. The molecule has 0 spiro atoms. The highest BCUT2D eigenvalue weighted by Gasteiger charge is 1.86. The molecule has 0 aliphatic heterocycles. The Kier molecular flexibility index (Phi) is 1.64. The van der Waals surface area contributed by atoms with Crippen LogP contribution in [-0.2, 0) is 0 Å². The molecular formula is C5H5BNO. The van der Waals surface area contributed by atoms with Crippen LogP contribution < -0.4 is 5.46 Å². The van der Waals surface area contributed by atoms with Gasteiger partial charge in [0.2, 0.25) is 0 Å². The van der Waals surface area contributed by atoms with Crippen LogP contribution >= 0.6 is 0 Å². The number of rotatable bonds is 1. The maximum absolute atomic E-state index is 8.38. The van der Waals surface area contributed by atoms with Crippen molar-refractivity contribution >= 4 is 12.9 Å². The van der Waals surface area contributed by atoms with Crippen LogP contribution in [0.15, 0.2) is 24.5 Å². The van der Waals surface area contributed by atoms with Crippen molar-refractivity contribution < 1.29 is 5.02 Å². The second-order valence-corrected chi connectivity index (χ2v) is 1.41. The molecule has 1 N–H and O–H groups in total. The van der Waals surface area contributed by atoms with Gasteiger partial charge in [-0.2, -0.15) is 0 Å². The molecule has 0 fully saturated rings. The smallest absolute Gasteiger partial charge is 0.326 e. The molecule has 0 atom stereocenters. The molecule has 3 heteroatoms. The zero-order valence-corrected chi connectivity index (χ0v) is 4.28. The first-order chi connectivity index (χ1) is 3.93. The lowest BCUT2D eigenvalue weighted by Gasteiger charge is -1.86. The third kappa shape index (κ3) is 1.07. The number of nitrogens with zero attached hydrogens (tertiary/aromatic N) is 1. The van der Waals surface area contributed by atoms with E-state index in [9.17, 15) is 0 Å². The maximum Gasteiger partial charge on any atom is 0.326 e. The van der Waals surface area contributed by atoms with Crippen molar-refractivity contribution in [1.29, 1.82) is 0 Å². The summed E-state index contributed by atoms with van der Waals surface area (Å²) >= 11 is 0. The summed E-state index contributed by atoms with van der Waals surface area (Å²) in [5.74, 6) is 0. The normalized spacial score (nSPS) is 8.62. The largest absolute Gasteiger partial charge is 0.450 e. The van der Waals surface area contributed by atoms with Gasteiger partial charge < -0.3 is 5.02 Å². The number of pyridine rings is 1. The molecule has 0 saturated heterocycles. The van der Waals surface area contributed by atoms with Gasteiger partial charge in [-0.05, 0) is 12.1 Å². The molecule has 0 saturated carbocycles. The summed E-state index contributed by atoms with van der Waals surface area (Å²) in [6, 6.07) is 3.44. The van der Waals surface area contributed by atoms with Crippen molar-refractivity contribution in [2.24, 2.45) is 0 Å². The van der Waals surface area contributed by atoms with Gasteiger partial charge in [0.15, 0.2) is 0 Å². The Morgan fingerprint density at radius 2 is 2.00 bits per heavy atom. The lowest BCUT2D eigenvalue weighted by molar-refractivity contribution is 0.615. The molecule has 1 aromatic heterocycles. The quantitative estimate of drug-likeness (QED) is 0.481. The first kappa shape index (κ1) is 5.31. The monoisotopic (exact) mass is 106 g/mol. The van der Waals surface area contributed by atoms with Crippen molar-refractivity contribution in [2.75, 3.05) is 0 Å². The van der Waals surface area contributed by atoms with Crippen LogP contribution in [0, 0.1) is 0 Å². The zero-order chi connectivity index (χ0) is 5.82. The average Bonchev–Trinajstić information content (AvgIpc) is 1.90. The number of hydrogen-bond acceptors (Lipinski definition) is 2. The van der Waals surface area contributed by atoms with Gasteiger partial charge in [0.1, 0.15) is 0 Å². The fraction of sp³-hybridized carbons (Fsp3) is 0. The van der Waals surface area contributed by atoms with Crippen LogP contribution in [0.3, 0.4) is 0 Å². The highest BCUT2D eigenvalue weighted by molar-refractivity contribution is 6.45. The van der Waals surface area contributed by atoms with E-state index in [0.717, 1.165) is 12.9 Å². The van der Waals surface area contributed by atoms with Gasteiger partial charge in [-0.15, -0.1) is 0 Å². The van der Waals surface area contributed by atoms with Gasteiger partial charge in [-0.3, -0.25) is 4.98 Å². The van der Waals surface area contributed by atoms with E-state index in [1.165, 1.54) is 0 Å². The molecular weight excluding hydrogens is 101 g/mol. The molecule has 0 bridgehead atoms. The van der Waals surface area contributed by atoms with E-state index in [1.54, 1.807) is 24.5 Å². The molecule has 39 valence electrons. The van der Waals surface area contributed by atoms with Gasteiger partial charge in [0.05, 0.1) is 0 Å². The SMILES string of the molecule is O[B]c1ccncc1. The molecule has 0 aliphatic rings. The van der Waals surface area contributed by atoms with Crippen molar-refractivity contribution in [2.45, 2.75) is 0 Å². The topological polar surface area (TPSA) is 33.1 Å². The van der Waals surface area contributed by atoms with Gasteiger partial charge in [-0.25, -0.2) is 0 Å². The Bertz CT molecular complexity index is 154. The fourth-order valence-electron chi connectivity index (χ4n) is 0.450. The Morgan fingerprint density at radius 3 is 2.38 bits per heavy atom. The van der Waals surface area contributed by atoms with Crippen molar-refractivity contribution in [1.82, 2.24) is 4.98 Å². The number of aromatic nitrogens is 1. The lowest BCUT2D eigenvalue weighted by atomic mass is 9.90. The van der Waals surface area contributed by atoms with E-state index >= 15 is 0 Å². The van der Waals surface area contributed by atoms with Crippen LogP contribution in [-0.4, -0.2) is 17.5 Å². The van der Waals surface area contributed by atoms with Crippen LogP contribution in [0.2, 0.25) is 0 Å². The molecule has 8 heavy (non-hydrogen) atoms. The van der Waals surface area contributed by atoms with Gasteiger partial charge in [-0.1, -0.05) is 5.46 Å². The molecule has 0 aromatic carbocycles. The van der Waals surface area contributed by atoms with Crippen LogP contribution in [0.25, 0.3) is 0 Å². The van der Waals surface area contributed by atoms with Crippen LogP contribution in [0.4, 0.5) is 0 Å². The van der Waals surface area contributed by atoms with E-state index in [4.69, 9.17) is 5.02 Å². The van der Waals surface area contributed by atoms with Crippen molar-refractivity contribution in [3.63, 3.8) is 0 Å². The summed E-state index contributed by atoms with van der Waals surface area (Å²) in [5, 5.41) is 8.38. The Balaban J connectivity index is 2.83. The summed E-state index contributed by atoms with van der Waals surface area (Å²) < 4.78 is 0. The van der Waals surface area contributed by atoms with E-state index in [1.807, 2.05) is 0 Å². The van der Waals surface area contributed by atoms with Crippen molar-refractivity contribution in [3.05, 3.63) is 24.5 Å². The van der Waals surface area contributed by atoms with Gasteiger partial charge in [0, 0.05) is 12.4 Å². The zero-order valence-electron chi connectivity index (χ0n) is 4.28. The molecule has 1 heterocycles.